The number of rotatable bonds is 3. The molecule has 1 N–H and O–H groups in total. The first-order valence-electron chi connectivity index (χ1n) is 5.82. The fourth-order valence-electron chi connectivity index (χ4n) is 2.46. The summed E-state index contributed by atoms with van der Waals surface area (Å²) in [5.74, 6) is -2.30. The number of amides is 1. The number of likely N-dealkylation sites (tertiary alicyclic amines) is 1. The number of carboxylic acids is 1. The van der Waals surface area contributed by atoms with Crippen molar-refractivity contribution >= 4 is 11.9 Å². The van der Waals surface area contributed by atoms with E-state index in [2.05, 4.69) is 0 Å². The average molecular weight is 251 g/mol. The molecule has 0 radical (unpaired) electrons. The van der Waals surface area contributed by atoms with Gasteiger partial charge in [-0.05, 0) is 24.6 Å². The van der Waals surface area contributed by atoms with E-state index >= 15 is 0 Å². The number of carbonyl (C=O) groups is 2. The predicted molar refractivity (Wildman–Crippen MR) is 62.3 cm³/mol. The van der Waals surface area contributed by atoms with Crippen LogP contribution in [0.15, 0.2) is 24.3 Å². The van der Waals surface area contributed by atoms with Gasteiger partial charge in [0.15, 0.2) is 0 Å². The normalized spacial score (nSPS) is 23.4. The lowest BCUT2D eigenvalue weighted by molar-refractivity contribution is -0.142. The van der Waals surface area contributed by atoms with Crippen LogP contribution in [-0.4, -0.2) is 28.4 Å². The fraction of sp³-hybridized carbons (Fsp3) is 0.385. The average Bonchev–Trinajstić information content (AvgIpc) is 2.67. The zero-order valence-corrected chi connectivity index (χ0v) is 9.97. The van der Waals surface area contributed by atoms with Crippen molar-refractivity contribution in [2.75, 3.05) is 6.54 Å². The molecule has 1 aromatic carbocycles. The maximum atomic E-state index is 12.9. The van der Waals surface area contributed by atoms with Crippen molar-refractivity contribution in [1.29, 1.82) is 0 Å². The van der Waals surface area contributed by atoms with Gasteiger partial charge >= 0.3 is 5.97 Å². The first kappa shape index (κ1) is 12.5. The first-order chi connectivity index (χ1) is 8.54. The van der Waals surface area contributed by atoms with Crippen LogP contribution in [0.5, 0.6) is 0 Å². The third kappa shape index (κ3) is 2.08. The SMILES string of the molecule is CCN1C(=O)CC(C(=O)O)C1c1ccc(F)cc1. The molecule has 18 heavy (non-hydrogen) atoms. The van der Waals surface area contributed by atoms with E-state index in [9.17, 15) is 19.1 Å². The maximum Gasteiger partial charge on any atom is 0.309 e. The van der Waals surface area contributed by atoms with Crippen LogP contribution in [0.1, 0.15) is 24.9 Å². The second kappa shape index (κ2) is 4.76. The summed E-state index contributed by atoms with van der Waals surface area (Å²) >= 11 is 0. The molecule has 4 nitrogen and oxygen atoms in total. The Bertz CT molecular complexity index is 472. The number of aliphatic carboxylic acids is 1. The molecule has 0 aliphatic carbocycles. The second-order valence-electron chi connectivity index (χ2n) is 4.32. The van der Waals surface area contributed by atoms with Crippen LogP contribution in [0.25, 0.3) is 0 Å². The molecule has 1 aliphatic rings. The highest BCUT2D eigenvalue weighted by Crippen LogP contribution is 2.37. The van der Waals surface area contributed by atoms with Gasteiger partial charge in [-0.25, -0.2) is 4.39 Å². The Morgan fingerprint density at radius 3 is 2.56 bits per heavy atom. The Kier molecular flexibility index (Phi) is 3.32. The van der Waals surface area contributed by atoms with Crippen LogP contribution in [0.2, 0.25) is 0 Å². The third-order valence-electron chi connectivity index (χ3n) is 3.30. The van der Waals surface area contributed by atoms with Crippen LogP contribution in [-0.2, 0) is 9.59 Å². The number of nitrogens with zero attached hydrogens (tertiary/aromatic N) is 1. The van der Waals surface area contributed by atoms with E-state index < -0.39 is 17.9 Å². The van der Waals surface area contributed by atoms with Crippen molar-refractivity contribution in [3.8, 4) is 0 Å². The summed E-state index contributed by atoms with van der Waals surface area (Å²) in [5, 5.41) is 9.18. The summed E-state index contributed by atoms with van der Waals surface area (Å²) in [6, 6.07) is 5.14. The summed E-state index contributed by atoms with van der Waals surface area (Å²) in [6.45, 7) is 2.25. The Morgan fingerprint density at radius 1 is 1.44 bits per heavy atom. The highest BCUT2D eigenvalue weighted by molar-refractivity contribution is 5.87. The Morgan fingerprint density at radius 2 is 2.06 bits per heavy atom. The Labute approximate surface area is 104 Å². The molecule has 1 heterocycles. The van der Waals surface area contributed by atoms with E-state index in [0.29, 0.717) is 12.1 Å². The number of benzene rings is 1. The summed E-state index contributed by atoms with van der Waals surface area (Å²) in [7, 11) is 0. The van der Waals surface area contributed by atoms with E-state index in [4.69, 9.17) is 0 Å². The molecule has 0 aromatic heterocycles. The predicted octanol–water partition coefficient (Wildman–Crippen LogP) is 1.82. The number of hydrogen-bond acceptors (Lipinski definition) is 2. The van der Waals surface area contributed by atoms with Gasteiger partial charge in [0.1, 0.15) is 5.82 Å². The van der Waals surface area contributed by atoms with Crippen LogP contribution in [0.3, 0.4) is 0 Å². The standard InChI is InChI=1S/C13H14FNO3/c1-2-15-11(16)7-10(13(17)18)12(15)8-3-5-9(14)6-4-8/h3-6,10,12H,2,7H2,1H3,(H,17,18). The number of halogens is 1. The lowest BCUT2D eigenvalue weighted by Crippen LogP contribution is -2.30. The summed E-state index contributed by atoms with van der Waals surface area (Å²) in [5.41, 5.74) is 0.663. The molecule has 2 atom stereocenters. The van der Waals surface area contributed by atoms with E-state index in [1.54, 1.807) is 6.92 Å². The van der Waals surface area contributed by atoms with Gasteiger partial charge in [-0.2, -0.15) is 0 Å². The highest BCUT2D eigenvalue weighted by Gasteiger charge is 2.43. The minimum Gasteiger partial charge on any atom is -0.481 e. The molecule has 0 bridgehead atoms. The molecule has 2 unspecified atom stereocenters. The molecule has 1 aromatic rings. The molecule has 1 amide bonds. The molecule has 0 spiro atoms. The zero-order chi connectivity index (χ0) is 13.3. The Balaban J connectivity index is 2.39. The van der Waals surface area contributed by atoms with Crippen molar-refractivity contribution in [3.05, 3.63) is 35.6 Å². The summed E-state index contributed by atoms with van der Waals surface area (Å²) < 4.78 is 12.9. The van der Waals surface area contributed by atoms with Gasteiger partial charge < -0.3 is 10.0 Å². The molecule has 1 fully saturated rings. The van der Waals surface area contributed by atoms with Crippen molar-refractivity contribution in [2.24, 2.45) is 5.92 Å². The van der Waals surface area contributed by atoms with E-state index in [-0.39, 0.29) is 18.1 Å². The van der Waals surface area contributed by atoms with Gasteiger partial charge in [0.05, 0.1) is 12.0 Å². The zero-order valence-electron chi connectivity index (χ0n) is 9.97. The number of carboxylic acid groups (broad SMARTS) is 1. The lowest BCUT2D eigenvalue weighted by Gasteiger charge is -2.26. The lowest BCUT2D eigenvalue weighted by atomic mass is 9.94. The minimum absolute atomic E-state index is 0.00518. The van der Waals surface area contributed by atoms with E-state index in [0.717, 1.165) is 0 Å². The monoisotopic (exact) mass is 251 g/mol. The van der Waals surface area contributed by atoms with E-state index in [1.165, 1.54) is 29.2 Å². The van der Waals surface area contributed by atoms with Gasteiger partial charge in [0.25, 0.3) is 0 Å². The van der Waals surface area contributed by atoms with Crippen LogP contribution in [0.4, 0.5) is 4.39 Å². The first-order valence-corrected chi connectivity index (χ1v) is 5.82. The van der Waals surface area contributed by atoms with E-state index in [1.807, 2.05) is 0 Å². The summed E-state index contributed by atoms with van der Waals surface area (Å²) in [6.07, 6.45) is 0.00518. The molecular formula is C13H14FNO3. The van der Waals surface area contributed by atoms with Crippen molar-refractivity contribution in [1.82, 2.24) is 4.90 Å². The molecule has 96 valence electrons. The number of carbonyl (C=O) groups excluding carboxylic acids is 1. The Hall–Kier alpha value is -1.91. The quantitative estimate of drug-likeness (QED) is 0.891. The van der Waals surface area contributed by atoms with Gasteiger partial charge in [0.2, 0.25) is 5.91 Å². The molecule has 0 saturated carbocycles. The van der Waals surface area contributed by atoms with Crippen LogP contribution in [0, 0.1) is 11.7 Å². The maximum absolute atomic E-state index is 12.9. The van der Waals surface area contributed by atoms with Crippen molar-refractivity contribution in [3.63, 3.8) is 0 Å². The number of hydrogen-bond donors (Lipinski definition) is 1. The van der Waals surface area contributed by atoms with Gasteiger partial charge in [-0.1, -0.05) is 12.1 Å². The topological polar surface area (TPSA) is 57.6 Å². The van der Waals surface area contributed by atoms with Crippen LogP contribution >= 0.6 is 0 Å². The van der Waals surface area contributed by atoms with Gasteiger partial charge in [-0.15, -0.1) is 0 Å². The molecule has 1 aliphatic heterocycles. The molecule has 5 heteroatoms. The minimum atomic E-state index is -0.992. The third-order valence-corrected chi connectivity index (χ3v) is 3.30. The fourth-order valence-corrected chi connectivity index (χ4v) is 2.46. The highest BCUT2D eigenvalue weighted by atomic mass is 19.1. The van der Waals surface area contributed by atoms with Crippen molar-refractivity contribution in [2.45, 2.75) is 19.4 Å². The van der Waals surface area contributed by atoms with Crippen molar-refractivity contribution < 1.29 is 19.1 Å². The van der Waals surface area contributed by atoms with Gasteiger partial charge in [-0.3, -0.25) is 9.59 Å². The molecular weight excluding hydrogens is 237 g/mol. The largest absolute Gasteiger partial charge is 0.481 e. The molecule has 1 saturated heterocycles. The smallest absolute Gasteiger partial charge is 0.309 e. The second-order valence-corrected chi connectivity index (χ2v) is 4.32. The van der Waals surface area contributed by atoms with Gasteiger partial charge in [0, 0.05) is 13.0 Å². The summed E-state index contributed by atoms with van der Waals surface area (Å²) in [4.78, 5) is 24.5. The molecule has 2 rings (SSSR count). The van der Waals surface area contributed by atoms with Crippen LogP contribution < -0.4 is 0 Å².